The van der Waals surface area contributed by atoms with Gasteiger partial charge in [-0.3, -0.25) is 4.57 Å². The monoisotopic (exact) mass is 306 g/mol. The van der Waals surface area contributed by atoms with Gasteiger partial charge in [-0.05, 0) is 31.0 Å². The lowest BCUT2D eigenvalue weighted by Gasteiger charge is -2.12. The third kappa shape index (κ3) is 2.99. The van der Waals surface area contributed by atoms with E-state index in [2.05, 4.69) is 15.4 Å². The van der Waals surface area contributed by atoms with E-state index in [1.54, 1.807) is 0 Å². The molecule has 0 bridgehead atoms. The van der Waals surface area contributed by atoms with Gasteiger partial charge in [0, 0.05) is 6.42 Å². The molecule has 2 aromatic carbocycles. The highest BCUT2D eigenvalue weighted by molar-refractivity contribution is 5.99. The molecular weight excluding hydrogens is 288 g/mol. The first-order valence-corrected chi connectivity index (χ1v) is 7.44. The average Bonchev–Trinajstić information content (AvgIpc) is 2.95. The van der Waals surface area contributed by atoms with Crippen molar-refractivity contribution in [1.29, 1.82) is 0 Å². The van der Waals surface area contributed by atoms with E-state index < -0.39 is 0 Å². The molecule has 1 aromatic heterocycles. The number of aryl methyl sites for hydroxylation is 2. The Morgan fingerprint density at radius 1 is 1.00 bits per heavy atom. The van der Waals surface area contributed by atoms with Crippen LogP contribution in [-0.4, -0.2) is 25.7 Å². The van der Waals surface area contributed by atoms with Crippen LogP contribution in [0.3, 0.4) is 0 Å². The normalized spacial score (nSPS) is 11.7. The molecule has 5 nitrogen and oxygen atoms in total. The number of benzene rings is 2. The molecule has 0 amide bonds. The summed E-state index contributed by atoms with van der Waals surface area (Å²) in [6.45, 7) is 3.92. The standard InChI is InChI=1S/C18H18N4O/c1-13-8-6-7-11-17(13)22-14(2)19-20-18(22)16(21-23)12-15-9-4-3-5-10-15/h3-11,23H,12H2,1-2H3. The Balaban J connectivity index is 2.05. The lowest BCUT2D eigenvalue weighted by atomic mass is 10.1. The Hall–Kier alpha value is -2.95. The van der Waals surface area contributed by atoms with Gasteiger partial charge in [0.25, 0.3) is 0 Å². The fourth-order valence-corrected chi connectivity index (χ4v) is 2.60. The van der Waals surface area contributed by atoms with Crippen LogP contribution >= 0.6 is 0 Å². The minimum absolute atomic E-state index is 0.486. The highest BCUT2D eigenvalue weighted by atomic mass is 16.4. The Morgan fingerprint density at radius 2 is 1.70 bits per heavy atom. The quantitative estimate of drug-likeness (QED) is 0.457. The Bertz CT molecular complexity index is 837. The molecule has 0 saturated carbocycles. The molecule has 1 N–H and O–H groups in total. The van der Waals surface area contributed by atoms with Gasteiger partial charge in [-0.2, -0.15) is 0 Å². The molecule has 0 atom stereocenters. The van der Waals surface area contributed by atoms with Crippen LogP contribution in [0.1, 0.15) is 22.8 Å². The van der Waals surface area contributed by atoms with E-state index in [-0.39, 0.29) is 0 Å². The molecule has 3 aromatic rings. The van der Waals surface area contributed by atoms with Gasteiger partial charge in [0.05, 0.1) is 5.69 Å². The van der Waals surface area contributed by atoms with Crippen molar-refractivity contribution in [2.75, 3.05) is 0 Å². The summed E-state index contributed by atoms with van der Waals surface area (Å²) >= 11 is 0. The van der Waals surface area contributed by atoms with Gasteiger partial charge in [-0.15, -0.1) is 10.2 Å². The van der Waals surface area contributed by atoms with Crippen LogP contribution in [0, 0.1) is 13.8 Å². The SMILES string of the molecule is Cc1ccccc1-n1c(C)nnc1C(Cc1ccccc1)=NO. The van der Waals surface area contributed by atoms with Crippen LogP contribution in [0.15, 0.2) is 59.8 Å². The van der Waals surface area contributed by atoms with Crippen molar-refractivity contribution in [3.05, 3.63) is 77.4 Å². The first kappa shape index (κ1) is 15.0. The molecular formula is C18H18N4O. The zero-order valence-electron chi connectivity index (χ0n) is 13.1. The smallest absolute Gasteiger partial charge is 0.186 e. The van der Waals surface area contributed by atoms with Gasteiger partial charge in [-0.1, -0.05) is 53.7 Å². The van der Waals surface area contributed by atoms with Crippen molar-refractivity contribution in [3.8, 4) is 5.69 Å². The number of rotatable bonds is 4. The fraction of sp³-hybridized carbons (Fsp3) is 0.167. The van der Waals surface area contributed by atoms with Gasteiger partial charge in [-0.25, -0.2) is 0 Å². The molecule has 1 heterocycles. The summed E-state index contributed by atoms with van der Waals surface area (Å²) in [5.74, 6) is 1.31. The van der Waals surface area contributed by atoms with Crippen LogP contribution < -0.4 is 0 Å². The van der Waals surface area contributed by atoms with E-state index >= 15 is 0 Å². The molecule has 0 fully saturated rings. The zero-order chi connectivity index (χ0) is 16.2. The minimum Gasteiger partial charge on any atom is -0.411 e. The number of oxime groups is 1. The molecule has 3 rings (SSSR count). The number of hydrogen-bond donors (Lipinski definition) is 1. The first-order valence-electron chi connectivity index (χ1n) is 7.44. The summed E-state index contributed by atoms with van der Waals surface area (Å²) in [6, 6.07) is 17.9. The fourth-order valence-electron chi connectivity index (χ4n) is 2.60. The molecule has 5 heteroatoms. The van der Waals surface area contributed by atoms with Crippen LogP contribution in [0.4, 0.5) is 0 Å². The minimum atomic E-state index is 0.486. The number of hydrogen-bond acceptors (Lipinski definition) is 4. The van der Waals surface area contributed by atoms with Gasteiger partial charge in [0.2, 0.25) is 0 Å². The maximum atomic E-state index is 9.50. The van der Waals surface area contributed by atoms with Crippen LogP contribution in [0.25, 0.3) is 5.69 Å². The molecule has 0 aliphatic carbocycles. The first-order chi connectivity index (χ1) is 11.2. The molecule has 0 saturated heterocycles. The van der Waals surface area contributed by atoms with Crippen molar-refractivity contribution in [2.24, 2.45) is 5.16 Å². The molecule has 23 heavy (non-hydrogen) atoms. The molecule has 116 valence electrons. The lowest BCUT2D eigenvalue weighted by molar-refractivity contribution is 0.318. The second-order valence-corrected chi connectivity index (χ2v) is 5.40. The Kier molecular flexibility index (Phi) is 4.19. The molecule has 0 spiro atoms. The van der Waals surface area contributed by atoms with Crippen molar-refractivity contribution in [2.45, 2.75) is 20.3 Å². The number of nitrogens with zero attached hydrogens (tertiary/aromatic N) is 4. The van der Waals surface area contributed by atoms with E-state index in [1.165, 1.54) is 0 Å². The molecule has 0 radical (unpaired) electrons. The van der Waals surface area contributed by atoms with Gasteiger partial charge in [0.1, 0.15) is 11.5 Å². The van der Waals surface area contributed by atoms with Crippen LogP contribution in [-0.2, 0) is 6.42 Å². The van der Waals surface area contributed by atoms with Crippen molar-refractivity contribution in [3.63, 3.8) is 0 Å². The Morgan fingerprint density at radius 3 is 2.39 bits per heavy atom. The number of para-hydroxylation sites is 1. The maximum Gasteiger partial charge on any atom is 0.186 e. The predicted molar refractivity (Wildman–Crippen MR) is 89.3 cm³/mol. The summed E-state index contributed by atoms with van der Waals surface area (Å²) in [5.41, 5.74) is 3.63. The summed E-state index contributed by atoms with van der Waals surface area (Å²) in [6.07, 6.45) is 0.487. The Labute approximate surface area is 134 Å². The van der Waals surface area contributed by atoms with Gasteiger partial charge < -0.3 is 5.21 Å². The molecule has 0 unspecified atom stereocenters. The molecule has 0 aliphatic rings. The topological polar surface area (TPSA) is 63.3 Å². The van der Waals surface area contributed by atoms with E-state index in [0.29, 0.717) is 18.0 Å². The average molecular weight is 306 g/mol. The summed E-state index contributed by atoms with van der Waals surface area (Å²) in [7, 11) is 0. The largest absolute Gasteiger partial charge is 0.411 e. The van der Waals surface area contributed by atoms with E-state index in [0.717, 1.165) is 22.6 Å². The second kappa shape index (κ2) is 6.44. The third-order valence-corrected chi connectivity index (χ3v) is 3.77. The summed E-state index contributed by atoms with van der Waals surface area (Å²) in [5, 5.41) is 21.4. The maximum absolute atomic E-state index is 9.50. The second-order valence-electron chi connectivity index (χ2n) is 5.40. The van der Waals surface area contributed by atoms with Gasteiger partial charge >= 0.3 is 0 Å². The zero-order valence-corrected chi connectivity index (χ0v) is 13.1. The number of aromatic nitrogens is 3. The van der Waals surface area contributed by atoms with E-state index in [1.807, 2.05) is 73.0 Å². The highest BCUT2D eigenvalue weighted by Crippen LogP contribution is 2.18. The van der Waals surface area contributed by atoms with Crippen molar-refractivity contribution >= 4 is 5.71 Å². The van der Waals surface area contributed by atoms with E-state index in [4.69, 9.17) is 0 Å². The predicted octanol–water partition coefficient (Wildman–Crippen LogP) is 3.31. The van der Waals surface area contributed by atoms with Gasteiger partial charge in [0.15, 0.2) is 5.82 Å². The lowest BCUT2D eigenvalue weighted by Crippen LogP contribution is -2.14. The van der Waals surface area contributed by atoms with Crippen LogP contribution in [0.5, 0.6) is 0 Å². The molecule has 0 aliphatic heterocycles. The van der Waals surface area contributed by atoms with E-state index in [9.17, 15) is 5.21 Å². The summed E-state index contributed by atoms with van der Waals surface area (Å²) in [4.78, 5) is 0. The van der Waals surface area contributed by atoms with Crippen molar-refractivity contribution < 1.29 is 5.21 Å². The highest BCUT2D eigenvalue weighted by Gasteiger charge is 2.18. The van der Waals surface area contributed by atoms with Crippen molar-refractivity contribution in [1.82, 2.24) is 14.8 Å². The summed E-state index contributed by atoms with van der Waals surface area (Å²) < 4.78 is 1.92. The van der Waals surface area contributed by atoms with Crippen LogP contribution in [0.2, 0.25) is 0 Å². The third-order valence-electron chi connectivity index (χ3n) is 3.77.